The SMILES string of the molecule is COP(=O)(CC(=O)C1Cc2ccccc2CN1C(=O)c1cc(C)cc(C)c1)OC. The maximum absolute atomic E-state index is 13.4. The number of rotatable bonds is 6. The van der Waals surface area contributed by atoms with Gasteiger partial charge in [-0.3, -0.25) is 14.2 Å². The van der Waals surface area contributed by atoms with Gasteiger partial charge in [0.05, 0.1) is 6.04 Å². The van der Waals surface area contributed by atoms with Crippen molar-refractivity contribution in [2.24, 2.45) is 0 Å². The molecule has 1 aliphatic heterocycles. The Balaban J connectivity index is 1.98. The predicted octanol–water partition coefficient (Wildman–Crippen LogP) is 3.93. The maximum atomic E-state index is 13.4. The molecule has 0 spiro atoms. The second-order valence-electron chi connectivity index (χ2n) is 7.40. The number of Topliss-reactive ketones (excluding diaryl/α,β-unsaturated/α-hetero) is 1. The molecule has 0 fully saturated rings. The van der Waals surface area contributed by atoms with Gasteiger partial charge in [-0.25, -0.2) is 0 Å². The molecule has 1 atom stereocenters. The molecule has 0 aromatic heterocycles. The van der Waals surface area contributed by atoms with Crippen LogP contribution in [0.3, 0.4) is 0 Å². The number of amides is 1. The zero-order chi connectivity index (χ0) is 21.2. The molecule has 1 unspecified atom stereocenters. The van der Waals surface area contributed by atoms with Crippen molar-refractivity contribution in [3.8, 4) is 0 Å². The lowest BCUT2D eigenvalue weighted by molar-refractivity contribution is -0.121. The quantitative estimate of drug-likeness (QED) is 0.669. The number of hydrogen-bond donors (Lipinski definition) is 0. The summed E-state index contributed by atoms with van der Waals surface area (Å²) < 4.78 is 22.4. The Hall–Kier alpha value is -2.27. The molecular formula is C22H26NO5P. The third kappa shape index (κ3) is 4.67. The minimum Gasteiger partial charge on any atom is -0.324 e. The molecule has 7 heteroatoms. The average Bonchev–Trinajstić information content (AvgIpc) is 2.71. The summed E-state index contributed by atoms with van der Waals surface area (Å²) in [6.07, 6.45) is 0.00241. The highest BCUT2D eigenvalue weighted by molar-refractivity contribution is 7.54. The lowest BCUT2D eigenvalue weighted by Gasteiger charge is -2.36. The molecule has 0 radical (unpaired) electrons. The van der Waals surface area contributed by atoms with Crippen molar-refractivity contribution in [1.29, 1.82) is 0 Å². The summed E-state index contributed by atoms with van der Waals surface area (Å²) in [6, 6.07) is 12.7. The summed E-state index contributed by atoms with van der Waals surface area (Å²) in [4.78, 5) is 28.0. The van der Waals surface area contributed by atoms with Crippen LogP contribution in [0.1, 0.15) is 32.6 Å². The third-order valence-electron chi connectivity index (χ3n) is 5.26. The summed E-state index contributed by atoms with van der Waals surface area (Å²) in [5, 5.41) is 0. The van der Waals surface area contributed by atoms with Crippen LogP contribution < -0.4 is 0 Å². The number of aryl methyl sites for hydroxylation is 2. The van der Waals surface area contributed by atoms with Gasteiger partial charge in [0.2, 0.25) is 0 Å². The fraction of sp³-hybridized carbons (Fsp3) is 0.364. The van der Waals surface area contributed by atoms with Crippen LogP contribution >= 0.6 is 7.60 Å². The molecule has 6 nitrogen and oxygen atoms in total. The molecule has 0 bridgehead atoms. The van der Waals surface area contributed by atoms with Crippen LogP contribution in [0.25, 0.3) is 0 Å². The van der Waals surface area contributed by atoms with E-state index in [-0.39, 0.29) is 17.9 Å². The molecule has 0 aliphatic carbocycles. The van der Waals surface area contributed by atoms with E-state index in [1.807, 2.05) is 56.3 Å². The Morgan fingerprint density at radius 3 is 2.21 bits per heavy atom. The van der Waals surface area contributed by atoms with Crippen molar-refractivity contribution in [2.45, 2.75) is 32.9 Å². The van der Waals surface area contributed by atoms with E-state index in [4.69, 9.17) is 9.05 Å². The van der Waals surface area contributed by atoms with Gasteiger partial charge in [0, 0.05) is 32.7 Å². The van der Waals surface area contributed by atoms with Crippen LogP contribution in [0, 0.1) is 13.8 Å². The van der Waals surface area contributed by atoms with Crippen molar-refractivity contribution in [3.63, 3.8) is 0 Å². The zero-order valence-electron chi connectivity index (χ0n) is 17.2. The molecule has 1 amide bonds. The van der Waals surface area contributed by atoms with Gasteiger partial charge in [0.1, 0.15) is 6.16 Å². The smallest absolute Gasteiger partial charge is 0.324 e. The fourth-order valence-corrected chi connectivity index (χ4v) is 4.79. The fourth-order valence-electron chi connectivity index (χ4n) is 3.79. The molecule has 2 aromatic rings. The molecule has 1 aliphatic rings. The van der Waals surface area contributed by atoms with Gasteiger partial charge in [0.15, 0.2) is 5.78 Å². The first-order valence-electron chi connectivity index (χ1n) is 9.45. The third-order valence-corrected chi connectivity index (χ3v) is 7.07. The van der Waals surface area contributed by atoms with E-state index in [9.17, 15) is 14.2 Å². The number of carbonyl (C=O) groups excluding carboxylic acids is 2. The van der Waals surface area contributed by atoms with Crippen molar-refractivity contribution in [2.75, 3.05) is 20.4 Å². The van der Waals surface area contributed by atoms with Gasteiger partial charge >= 0.3 is 7.60 Å². The Morgan fingerprint density at radius 1 is 1.03 bits per heavy atom. The summed E-state index contributed by atoms with van der Waals surface area (Å²) in [6.45, 7) is 4.19. The van der Waals surface area contributed by atoms with Crippen LogP contribution in [0.5, 0.6) is 0 Å². The van der Waals surface area contributed by atoms with Crippen LogP contribution in [0.15, 0.2) is 42.5 Å². The van der Waals surface area contributed by atoms with Crippen LogP contribution in [0.2, 0.25) is 0 Å². The van der Waals surface area contributed by atoms with Crippen LogP contribution in [-0.4, -0.2) is 43.0 Å². The molecule has 0 saturated heterocycles. The molecule has 1 heterocycles. The van der Waals surface area contributed by atoms with Gasteiger partial charge in [-0.1, -0.05) is 41.5 Å². The maximum Gasteiger partial charge on any atom is 0.337 e. The number of hydrogen-bond acceptors (Lipinski definition) is 5. The van der Waals surface area contributed by atoms with Crippen molar-refractivity contribution in [1.82, 2.24) is 4.90 Å². The molecule has 3 rings (SSSR count). The molecule has 0 N–H and O–H groups in total. The first-order valence-corrected chi connectivity index (χ1v) is 11.2. The van der Waals surface area contributed by atoms with E-state index in [1.165, 1.54) is 14.2 Å². The number of ketones is 1. The van der Waals surface area contributed by atoms with Gasteiger partial charge in [0.25, 0.3) is 5.91 Å². The molecule has 2 aromatic carbocycles. The lowest BCUT2D eigenvalue weighted by Crippen LogP contribution is -2.49. The molecule has 29 heavy (non-hydrogen) atoms. The van der Waals surface area contributed by atoms with Crippen LogP contribution in [-0.2, 0) is 31.4 Å². The average molecular weight is 415 g/mol. The number of benzene rings is 2. The second-order valence-corrected chi connectivity index (χ2v) is 9.67. The monoisotopic (exact) mass is 415 g/mol. The summed E-state index contributed by atoms with van der Waals surface area (Å²) in [7, 11) is -1.01. The minimum absolute atomic E-state index is 0.214. The van der Waals surface area contributed by atoms with E-state index in [0.29, 0.717) is 18.5 Å². The van der Waals surface area contributed by atoms with E-state index >= 15 is 0 Å². The zero-order valence-corrected chi connectivity index (χ0v) is 18.1. The molecule has 154 valence electrons. The summed E-state index contributed by atoms with van der Waals surface area (Å²) in [5.41, 5.74) is 4.53. The largest absolute Gasteiger partial charge is 0.337 e. The van der Waals surface area contributed by atoms with E-state index < -0.39 is 13.6 Å². The highest BCUT2D eigenvalue weighted by Crippen LogP contribution is 2.46. The predicted molar refractivity (Wildman–Crippen MR) is 111 cm³/mol. The lowest BCUT2D eigenvalue weighted by atomic mass is 9.91. The Kier molecular flexibility index (Phi) is 6.37. The van der Waals surface area contributed by atoms with E-state index in [0.717, 1.165) is 22.3 Å². The summed E-state index contributed by atoms with van der Waals surface area (Å²) >= 11 is 0. The summed E-state index contributed by atoms with van der Waals surface area (Å²) in [5.74, 6) is -0.543. The van der Waals surface area contributed by atoms with Gasteiger partial charge in [-0.05, 0) is 37.1 Å². The highest BCUT2D eigenvalue weighted by Gasteiger charge is 2.38. The number of carbonyl (C=O) groups is 2. The van der Waals surface area contributed by atoms with Crippen LogP contribution in [0.4, 0.5) is 0 Å². The first-order chi connectivity index (χ1) is 13.8. The highest BCUT2D eigenvalue weighted by atomic mass is 31.2. The molecule has 0 saturated carbocycles. The van der Waals surface area contributed by atoms with E-state index in [1.54, 1.807) is 4.90 Å². The van der Waals surface area contributed by atoms with Crippen molar-refractivity contribution in [3.05, 3.63) is 70.3 Å². The first kappa shape index (κ1) is 21.4. The van der Waals surface area contributed by atoms with Crippen molar-refractivity contribution < 1.29 is 23.2 Å². The Bertz CT molecular complexity index is 959. The minimum atomic E-state index is -3.52. The normalized spacial score (nSPS) is 16.4. The standard InChI is InChI=1S/C22H26NO5P/c1-15-9-16(2)11-19(10-15)22(25)23-13-18-8-6-5-7-17(18)12-20(23)21(24)14-29(26,27-3)28-4/h5-11,20H,12-14H2,1-4H3. The van der Waals surface area contributed by atoms with Gasteiger partial charge < -0.3 is 13.9 Å². The van der Waals surface area contributed by atoms with Gasteiger partial charge in [-0.2, -0.15) is 0 Å². The van der Waals surface area contributed by atoms with E-state index in [2.05, 4.69) is 0 Å². The Morgan fingerprint density at radius 2 is 1.62 bits per heavy atom. The second kappa shape index (κ2) is 8.62. The molecular weight excluding hydrogens is 389 g/mol. The number of nitrogens with zero attached hydrogens (tertiary/aromatic N) is 1. The Labute approximate surface area is 171 Å². The topological polar surface area (TPSA) is 72.9 Å². The van der Waals surface area contributed by atoms with Gasteiger partial charge in [-0.15, -0.1) is 0 Å². The number of fused-ring (bicyclic) bond motifs is 1. The van der Waals surface area contributed by atoms with Crippen molar-refractivity contribution >= 4 is 19.3 Å².